The lowest BCUT2D eigenvalue weighted by molar-refractivity contribution is 0.209. The van der Waals surface area contributed by atoms with E-state index >= 15 is 0 Å². The Balaban J connectivity index is 1.81. The van der Waals surface area contributed by atoms with Crippen LogP contribution in [0.2, 0.25) is 0 Å². The molecule has 0 aromatic heterocycles. The fourth-order valence-electron chi connectivity index (χ4n) is 3.22. The third-order valence-corrected chi connectivity index (χ3v) is 4.36. The molecule has 2 nitrogen and oxygen atoms in total. The van der Waals surface area contributed by atoms with E-state index in [9.17, 15) is 5.26 Å². The maximum atomic E-state index is 9.20. The average molecular weight is 276 g/mol. The highest BCUT2D eigenvalue weighted by molar-refractivity contribution is 5.29. The molecule has 0 spiro atoms. The molecule has 1 aliphatic rings. The van der Waals surface area contributed by atoms with Gasteiger partial charge in [-0.2, -0.15) is 5.26 Å². The van der Waals surface area contributed by atoms with Gasteiger partial charge in [0.05, 0.1) is 12.5 Å². The minimum Gasteiger partial charge on any atom is -0.295 e. The molecule has 0 aliphatic carbocycles. The number of fused-ring (bicyclic) bond motifs is 1. The number of rotatable bonds is 3. The van der Waals surface area contributed by atoms with Gasteiger partial charge in [-0.25, -0.2) is 0 Å². The first-order valence-electron chi connectivity index (χ1n) is 7.61. The minimum atomic E-state index is 0.213. The van der Waals surface area contributed by atoms with Crippen molar-refractivity contribution >= 4 is 0 Å². The van der Waals surface area contributed by atoms with E-state index in [1.54, 1.807) is 0 Å². The first-order valence-corrected chi connectivity index (χ1v) is 7.61. The van der Waals surface area contributed by atoms with Crippen LogP contribution in [0.15, 0.2) is 54.6 Å². The van der Waals surface area contributed by atoms with Crippen LogP contribution in [0.1, 0.15) is 29.2 Å². The summed E-state index contributed by atoms with van der Waals surface area (Å²) >= 11 is 0. The van der Waals surface area contributed by atoms with Crippen LogP contribution < -0.4 is 0 Å². The van der Waals surface area contributed by atoms with Crippen LogP contribution in [-0.2, 0) is 12.8 Å². The molecule has 0 fully saturated rings. The quantitative estimate of drug-likeness (QED) is 0.854. The zero-order valence-electron chi connectivity index (χ0n) is 12.2. The molecular weight excluding hydrogens is 256 g/mol. The van der Waals surface area contributed by atoms with Crippen molar-refractivity contribution in [3.63, 3.8) is 0 Å². The standard InChI is InChI=1S/C19H20N2/c20-13-10-19(18-8-2-1-3-9-18)21-14-11-16-6-4-5-7-17(16)12-15-21/h1-9,19H,10-12,14-15H2. The summed E-state index contributed by atoms with van der Waals surface area (Å²) in [5, 5.41) is 9.20. The van der Waals surface area contributed by atoms with Gasteiger partial charge in [0, 0.05) is 19.1 Å². The van der Waals surface area contributed by atoms with Gasteiger partial charge < -0.3 is 0 Å². The molecule has 0 saturated heterocycles. The van der Waals surface area contributed by atoms with Crippen molar-refractivity contribution < 1.29 is 0 Å². The minimum absolute atomic E-state index is 0.213. The molecule has 0 amide bonds. The van der Waals surface area contributed by atoms with Gasteiger partial charge in [0.1, 0.15) is 0 Å². The summed E-state index contributed by atoms with van der Waals surface area (Å²) in [5.41, 5.74) is 4.18. The van der Waals surface area contributed by atoms with Crippen molar-refractivity contribution in [2.24, 2.45) is 0 Å². The molecule has 0 N–H and O–H groups in total. The Labute approximate surface area is 126 Å². The molecule has 106 valence electrons. The van der Waals surface area contributed by atoms with E-state index in [0.717, 1.165) is 25.9 Å². The predicted octanol–water partition coefficient (Wildman–Crippen LogP) is 3.74. The number of nitriles is 1. The number of nitrogens with zero attached hydrogens (tertiary/aromatic N) is 2. The second-order valence-corrected chi connectivity index (χ2v) is 5.59. The number of hydrogen-bond donors (Lipinski definition) is 0. The van der Waals surface area contributed by atoms with Crippen molar-refractivity contribution in [2.45, 2.75) is 25.3 Å². The lowest BCUT2D eigenvalue weighted by atomic mass is 10.0. The van der Waals surface area contributed by atoms with Crippen molar-refractivity contribution in [2.75, 3.05) is 13.1 Å². The summed E-state index contributed by atoms with van der Waals surface area (Å²) in [6.45, 7) is 2.05. The maximum Gasteiger partial charge on any atom is 0.0641 e. The summed E-state index contributed by atoms with van der Waals surface area (Å²) in [5.74, 6) is 0. The summed E-state index contributed by atoms with van der Waals surface area (Å²) in [4.78, 5) is 2.47. The Morgan fingerprint density at radius 2 is 1.48 bits per heavy atom. The van der Waals surface area contributed by atoms with E-state index in [0.29, 0.717) is 6.42 Å². The van der Waals surface area contributed by atoms with Crippen molar-refractivity contribution in [1.29, 1.82) is 5.26 Å². The van der Waals surface area contributed by atoms with Gasteiger partial charge in [0.2, 0.25) is 0 Å². The molecule has 2 heteroatoms. The first kappa shape index (κ1) is 13.9. The van der Waals surface area contributed by atoms with Crippen LogP contribution in [0.4, 0.5) is 0 Å². The van der Waals surface area contributed by atoms with E-state index in [4.69, 9.17) is 0 Å². The van der Waals surface area contributed by atoms with Gasteiger partial charge in [0.25, 0.3) is 0 Å². The highest BCUT2D eigenvalue weighted by atomic mass is 15.2. The third kappa shape index (κ3) is 3.15. The Hall–Kier alpha value is -2.11. The van der Waals surface area contributed by atoms with Crippen molar-refractivity contribution in [3.8, 4) is 6.07 Å². The summed E-state index contributed by atoms with van der Waals surface area (Å²) < 4.78 is 0. The monoisotopic (exact) mass is 276 g/mol. The molecule has 1 aliphatic heterocycles. The van der Waals surface area contributed by atoms with Gasteiger partial charge in [-0.15, -0.1) is 0 Å². The van der Waals surface area contributed by atoms with E-state index in [1.807, 2.05) is 6.07 Å². The largest absolute Gasteiger partial charge is 0.295 e. The number of hydrogen-bond acceptors (Lipinski definition) is 2. The van der Waals surface area contributed by atoms with Crippen LogP contribution in [0.3, 0.4) is 0 Å². The van der Waals surface area contributed by atoms with Crippen LogP contribution >= 0.6 is 0 Å². The van der Waals surface area contributed by atoms with Gasteiger partial charge >= 0.3 is 0 Å². The van der Waals surface area contributed by atoms with E-state index in [2.05, 4.69) is 59.5 Å². The molecule has 0 saturated carbocycles. The fraction of sp³-hybridized carbons (Fsp3) is 0.316. The lowest BCUT2D eigenvalue weighted by Gasteiger charge is -2.29. The topological polar surface area (TPSA) is 27.0 Å². The summed E-state index contributed by atoms with van der Waals surface area (Å²) in [6.07, 6.45) is 2.70. The zero-order valence-corrected chi connectivity index (χ0v) is 12.2. The molecule has 0 radical (unpaired) electrons. The molecule has 3 rings (SSSR count). The van der Waals surface area contributed by atoms with Crippen molar-refractivity contribution in [3.05, 3.63) is 71.3 Å². The molecule has 2 aromatic rings. The SMILES string of the molecule is N#CCC(c1ccccc1)N1CCc2ccccc2CC1. The number of benzene rings is 2. The third-order valence-electron chi connectivity index (χ3n) is 4.36. The van der Waals surface area contributed by atoms with Crippen LogP contribution in [-0.4, -0.2) is 18.0 Å². The highest BCUT2D eigenvalue weighted by Gasteiger charge is 2.22. The van der Waals surface area contributed by atoms with Gasteiger partial charge in [0.15, 0.2) is 0 Å². The lowest BCUT2D eigenvalue weighted by Crippen LogP contribution is -2.31. The second-order valence-electron chi connectivity index (χ2n) is 5.59. The maximum absolute atomic E-state index is 9.20. The predicted molar refractivity (Wildman–Crippen MR) is 84.8 cm³/mol. The molecule has 1 unspecified atom stereocenters. The Kier molecular flexibility index (Phi) is 4.33. The molecule has 21 heavy (non-hydrogen) atoms. The summed E-state index contributed by atoms with van der Waals surface area (Å²) in [6, 6.07) is 21.7. The molecule has 1 atom stereocenters. The first-order chi connectivity index (χ1) is 10.4. The van der Waals surface area contributed by atoms with Crippen LogP contribution in [0.5, 0.6) is 0 Å². The Bertz CT molecular complexity index is 601. The van der Waals surface area contributed by atoms with E-state index in [-0.39, 0.29) is 6.04 Å². The zero-order chi connectivity index (χ0) is 14.5. The van der Waals surface area contributed by atoms with Crippen LogP contribution in [0.25, 0.3) is 0 Å². The molecule has 2 aromatic carbocycles. The molecule has 0 bridgehead atoms. The smallest absolute Gasteiger partial charge is 0.0641 e. The van der Waals surface area contributed by atoms with E-state index in [1.165, 1.54) is 16.7 Å². The van der Waals surface area contributed by atoms with Gasteiger partial charge in [-0.3, -0.25) is 4.90 Å². The van der Waals surface area contributed by atoms with Crippen LogP contribution in [0, 0.1) is 11.3 Å². The molecule has 1 heterocycles. The van der Waals surface area contributed by atoms with Gasteiger partial charge in [-0.1, -0.05) is 54.6 Å². The second kappa shape index (κ2) is 6.56. The normalized spacial score (nSPS) is 16.5. The fourth-order valence-corrected chi connectivity index (χ4v) is 3.22. The Morgan fingerprint density at radius 3 is 2.05 bits per heavy atom. The highest BCUT2D eigenvalue weighted by Crippen LogP contribution is 2.27. The average Bonchev–Trinajstić information content (AvgIpc) is 2.76. The summed E-state index contributed by atoms with van der Waals surface area (Å²) in [7, 11) is 0. The van der Waals surface area contributed by atoms with Gasteiger partial charge in [-0.05, 0) is 29.5 Å². The van der Waals surface area contributed by atoms with Crippen molar-refractivity contribution in [1.82, 2.24) is 4.90 Å². The molecular formula is C19H20N2. The Morgan fingerprint density at radius 1 is 0.905 bits per heavy atom. The van der Waals surface area contributed by atoms with E-state index < -0.39 is 0 Å².